The number of aryl methyl sites for hydroxylation is 1. The lowest BCUT2D eigenvalue weighted by molar-refractivity contribution is 0.231. The summed E-state index contributed by atoms with van der Waals surface area (Å²) >= 11 is 0. The topological polar surface area (TPSA) is 21.1 Å². The number of likely N-dealkylation sites (N-methyl/N-ethyl adjacent to an activating group) is 1. The molecule has 0 aliphatic carbocycles. The molecule has 94 valence electrons. The highest BCUT2D eigenvalue weighted by atomic mass is 15.2. The highest BCUT2D eigenvalue weighted by Gasteiger charge is 2.15. The molecular formula is C13H27N3. The van der Waals surface area contributed by atoms with Crippen molar-refractivity contribution in [3.8, 4) is 0 Å². The summed E-state index contributed by atoms with van der Waals surface area (Å²) in [5.74, 6) is 1.15. The smallest absolute Gasteiger partial charge is 0.105 e. The second kappa shape index (κ2) is 8.34. The van der Waals surface area contributed by atoms with Gasteiger partial charge in [-0.2, -0.15) is 0 Å². The van der Waals surface area contributed by atoms with Crippen LogP contribution in [0.1, 0.15) is 46.1 Å². The predicted molar refractivity (Wildman–Crippen MR) is 70.6 cm³/mol. The van der Waals surface area contributed by atoms with Crippen molar-refractivity contribution < 1.29 is 0 Å². The molecular weight excluding hydrogens is 198 g/mol. The molecule has 2 heterocycles. The Kier molecular flexibility index (Phi) is 7.90. The molecule has 0 atom stereocenters. The molecule has 16 heavy (non-hydrogen) atoms. The van der Waals surface area contributed by atoms with Crippen LogP contribution in [0.15, 0.2) is 6.20 Å². The lowest BCUT2D eigenvalue weighted by Gasteiger charge is -2.27. The quantitative estimate of drug-likeness (QED) is 0.732. The van der Waals surface area contributed by atoms with Crippen LogP contribution >= 0.6 is 0 Å². The molecule has 0 spiro atoms. The number of aromatic nitrogens is 2. The molecule has 1 aliphatic heterocycles. The van der Waals surface area contributed by atoms with Crippen LogP contribution in [0.5, 0.6) is 0 Å². The van der Waals surface area contributed by atoms with Crippen LogP contribution in [0.2, 0.25) is 0 Å². The standard InChI is InChI=1S/C9H15N3.2C2H6/c1-3-11-4-5-12-8(2)10-6-9(12)7-11;2*1-2/h6H,3-5,7H2,1-2H3;2*1-2H3. The Bertz CT molecular complexity index is 279. The highest BCUT2D eigenvalue weighted by Crippen LogP contribution is 2.13. The van der Waals surface area contributed by atoms with E-state index in [4.69, 9.17) is 0 Å². The van der Waals surface area contributed by atoms with E-state index in [1.54, 1.807) is 0 Å². The highest BCUT2D eigenvalue weighted by molar-refractivity contribution is 5.06. The van der Waals surface area contributed by atoms with E-state index in [0.717, 1.165) is 25.5 Å². The third kappa shape index (κ3) is 3.63. The van der Waals surface area contributed by atoms with Crippen LogP contribution in [0.4, 0.5) is 0 Å². The van der Waals surface area contributed by atoms with Crippen molar-refractivity contribution in [2.75, 3.05) is 13.1 Å². The monoisotopic (exact) mass is 225 g/mol. The number of nitrogens with zero attached hydrogens (tertiary/aromatic N) is 3. The SMILES string of the molecule is CC.CC.CCN1CCn2c(cnc2C)C1. The van der Waals surface area contributed by atoms with Gasteiger partial charge in [0.25, 0.3) is 0 Å². The second-order valence-electron chi connectivity index (χ2n) is 3.32. The van der Waals surface area contributed by atoms with Crippen molar-refractivity contribution >= 4 is 0 Å². The van der Waals surface area contributed by atoms with Gasteiger partial charge in [-0.3, -0.25) is 4.90 Å². The first-order valence-corrected chi connectivity index (χ1v) is 6.54. The van der Waals surface area contributed by atoms with Crippen LogP contribution in [0.25, 0.3) is 0 Å². The lowest BCUT2D eigenvalue weighted by Crippen LogP contribution is -2.33. The summed E-state index contributed by atoms with van der Waals surface area (Å²) in [7, 11) is 0. The van der Waals surface area contributed by atoms with Gasteiger partial charge in [0.2, 0.25) is 0 Å². The fraction of sp³-hybridized carbons (Fsp3) is 0.769. The minimum absolute atomic E-state index is 1.07. The number of rotatable bonds is 1. The molecule has 1 aromatic rings. The Morgan fingerprint density at radius 3 is 2.38 bits per heavy atom. The van der Waals surface area contributed by atoms with E-state index in [0.29, 0.717) is 0 Å². The average molecular weight is 225 g/mol. The summed E-state index contributed by atoms with van der Waals surface area (Å²) in [4.78, 5) is 6.74. The van der Waals surface area contributed by atoms with Gasteiger partial charge in [-0.25, -0.2) is 4.98 Å². The Balaban J connectivity index is 0.000000509. The number of hydrogen-bond donors (Lipinski definition) is 0. The molecule has 0 saturated carbocycles. The van der Waals surface area contributed by atoms with Gasteiger partial charge in [-0.15, -0.1) is 0 Å². The third-order valence-electron chi connectivity index (χ3n) is 2.61. The van der Waals surface area contributed by atoms with E-state index >= 15 is 0 Å². The Morgan fingerprint density at radius 2 is 1.81 bits per heavy atom. The first-order chi connectivity index (χ1) is 7.81. The van der Waals surface area contributed by atoms with E-state index < -0.39 is 0 Å². The zero-order valence-electron chi connectivity index (χ0n) is 11.7. The summed E-state index contributed by atoms with van der Waals surface area (Å²) < 4.78 is 2.31. The molecule has 0 aromatic carbocycles. The van der Waals surface area contributed by atoms with Crippen molar-refractivity contribution in [3.63, 3.8) is 0 Å². The van der Waals surface area contributed by atoms with Gasteiger partial charge in [-0.1, -0.05) is 34.6 Å². The molecule has 0 unspecified atom stereocenters. The van der Waals surface area contributed by atoms with E-state index in [1.165, 1.54) is 12.2 Å². The number of fused-ring (bicyclic) bond motifs is 1. The van der Waals surface area contributed by atoms with Crippen molar-refractivity contribution in [1.82, 2.24) is 14.5 Å². The van der Waals surface area contributed by atoms with Crippen LogP contribution < -0.4 is 0 Å². The summed E-state index contributed by atoms with van der Waals surface area (Å²) in [6, 6.07) is 0. The van der Waals surface area contributed by atoms with Gasteiger partial charge in [0.15, 0.2) is 0 Å². The third-order valence-corrected chi connectivity index (χ3v) is 2.61. The second-order valence-corrected chi connectivity index (χ2v) is 3.32. The molecule has 0 radical (unpaired) electrons. The fourth-order valence-corrected chi connectivity index (χ4v) is 1.77. The first-order valence-electron chi connectivity index (χ1n) is 6.54. The molecule has 2 rings (SSSR count). The van der Waals surface area contributed by atoms with Crippen LogP contribution in [-0.2, 0) is 13.1 Å². The van der Waals surface area contributed by atoms with Gasteiger partial charge in [-0.05, 0) is 13.5 Å². The van der Waals surface area contributed by atoms with Crippen molar-refractivity contribution in [3.05, 3.63) is 17.7 Å². The summed E-state index contributed by atoms with van der Waals surface area (Å²) in [6.07, 6.45) is 2.00. The average Bonchev–Trinajstić information content (AvgIpc) is 2.75. The zero-order chi connectivity index (χ0) is 12.6. The van der Waals surface area contributed by atoms with Crippen LogP contribution in [-0.4, -0.2) is 27.5 Å². The van der Waals surface area contributed by atoms with E-state index in [2.05, 4.69) is 28.3 Å². The molecule has 0 fully saturated rings. The van der Waals surface area contributed by atoms with Gasteiger partial charge in [0.05, 0.1) is 5.69 Å². The van der Waals surface area contributed by atoms with E-state index in [9.17, 15) is 0 Å². The lowest BCUT2D eigenvalue weighted by atomic mass is 10.3. The molecule has 3 nitrogen and oxygen atoms in total. The predicted octanol–water partition coefficient (Wildman–Crippen LogP) is 3.08. The van der Waals surface area contributed by atoms with Gasteiger partial charge < -0.3 is 4.57 Å². The van der Waals surface area contributed by atoms with Crippen LogP contribution in [0.3, 0.4) is 0 Å². The molecule has 0 amide bonds. The van der Waals surface area contributed by atoms with E-state index in [-0.39, 0.29) is 0 Å². The first kappa shape index (κ1) is 15.2. The Morgan fingerprint density at radius 1 is 1.19 bits per heavy atom. The molecule has 0 saturated heterocycles. The summed E-state index contributed by atoms with van der Waals surface area (Å²) in [5, 5.41) is 0. The molecule has 1 aliphatic rings. The van der Waals surface area contributed by atoms with Gasteiger partial charge >= 0.3 is 0 Å². The van der Waals surface area contributed by atoms with Crippen molar-refractivity contribution in [2.24, 2.45) is 0 Å². The molecule has 0 N–H and O–H groups in total. The van der Waals surface area contributed by atoms with Crippen LogP contribution in [0, 0.1) is 6.92 Å². The summed E-state index contributed by atoms with van der Waals surface area (Å²) in [5.41, 5.74) is 1.36. The molecule has 0 bridgehead atoms. The minimum atomic E-state index is 1.07. The largest absolute Gasteiger partial charge is 0.330 e. The molecule has 1 aromatic heterocycles. The van der Waals surface area contributed by atoms with Gasteiger partial charge in [0, 0.05) is 25.8 Å². The Labute approximate surface area is 100 Å². The maximum absolute atomic E-state index is 4.30. The van der Waals surface area contributed by atoms with Crippen molar-refractivity contribution in [2.45, 2.75) is 54.6 Å². The number of hydrogen-bond acceptors (Lipinski definition) is 2. The molecule has 3 heteroatoms. The fourth-order valence-electron chi connectivity index (χ4n) is 1.77. The Hall–Kier alpha value is -0.830. The van der Waals surface area contributed by atoms with Gasteiger partial charge in [0.1, 0.15) is 5.82 Å². The normalized spacial score (nSPS) is 14.1. The maximum atomic E-state index is 4.30. The maximum Gasteiger partial charge on any atom is 0.105 e. The van der Waals surface area contributed by atoms with Crippen molar-refractivity contribution in [1.29, 1.82) is 0 Å². The van der Waals surface area contributed by atoms with E-state index in [1.807, 2.05) is 33.9 Å². The number of imidazole rings is 1. The summed E-state index contributed by atoms with van der Waals surface area (Å²) in [6.45, 7) is 16.8. The zero-order valence-corrected chi connectivity index (χ0v) is 11.7. The minimum Gasteiger partial charge on any atom is -0.330 e.